The molecule has 1 N–H and O–H groups in total. The molecule has 0 aromatic rings. The molecule has 0 spiro atoms. The molecule has 0 radical (unpaired) electrons. The Labute approximate surface area is 90.6 Å². The van der Waals surface area contributed by atoms with E-state index in [1.54, 1.807) is 0 Å². The Morgan fingerprint density at radius 2 is 1.87 bits per heavy atom. The third-order valence-electron chi connectivity index (χ3n) is 2.25. The fraction of sp³-hybridized carbons (Fsp3) is 0.818. The molecule has 0 amide bonds. The highest BCUT2D eigenvalue weighted by molar-refractivity contribution is 5.81. The molecular formula is C11H20O4. The second-order valence-corrected chi connectivity index (χ2v) is 3.86. The Kier molecular flexibility index (Phi) is 5.97. The third kappa shape index (κ3) is 4.81. The van der Waals surface area contributed by atoms with Crippen LogP contribution in [0.3, 0.4) is 0 Å². The molecule has 0 rings (SSSR count). The molecule has 0 aromatic heterocycles. The minimum atomic E-state index is -1.36. The summed E-state index contributed by atoms with van der Waals surface area (Å²) in [5, 5.41) is 9.00. The fourth-order valence-electron chi connectivity index (χ4n) is 1.22. The summed E-state index contributed by atoms with van der Waals surface area (Å²) in [5.41, 5.74) is -1.36. The third-order valence-corrected chi connectivity index (χ3v) is 2.25. The van der Waals surface area contributed by atoms with Gasteiger partial charge in [0.15, 0.2) is 0 Å². The molecule has 1 atom stereocenters. The molecule has 0 heterocycles. The second kappa shape index (κ2) is 6.43. The number of carboxylic acid groups (broad SMARTS) is 1. The summed E-state index contributed by atoms with van der Waals surface area (Å²) >= 11 is 0. The zero-order valence-electron chi connectivity index (χ0n) is 9.71. The van der Waals surface area contributed by atoms with Crippen molar-refractivity contribution in [2.45, 2.75) is 58.5 Å². The Morgan fingerprint density at radius 3 is 2.27 bits per heavy atom. The van der Waals surface area contributed by atoms with Crippen molar-refractivity contribution in [3.05, 3.63) is 0 Å². The summed E-state index contributed by atoms with van der Waals surface area (Å²) in [6.45, 7) is 5.28. The normalized spacial score (nSPS) is 14.3. The highest BCUT2D eigenvalue weighted by Crippen LogP contribution is 2.20. The number of aliphatic carboxylic acids is 1. The summed E-state index contributed by atoms with van der Waals surface area (Å²) in [7, 11) is 0. The average Bonchev–Trinajstić information content (AvgIpc) is 2.14. The van der Waals surface area contributed by atoms with Gasteiger partial charge in [-0.15, -0.1) is 0 Å². The van der Waals surface area contributed by atoms with Crippen LogP contribution in [0.25, 0.3) is 0 Å². The molecule has 4 heteroatoms. The first-order valence-corrected chi connectivity index (χ1v) is 5.41. The zero-order chi connectivity index (χ0) is 11.9. The second-order valence-electron chi connectivity index (χ2n) is 3.86. The maximum Gasteiger partial charge on any atom is 0.347 e. The van der Waals surface area contributed by atoms with Gasteiger partial charge in [-0.2, -0.15) is 0 Å². The average molecular weight is 216 g/mol. The maximum atomic E-state index is 11.2. The number of hydrogen-bond acceptors (Lipinski definition) is 3. The van der Waals surface area contributed by atoms with Gasteiger partial charge in [-0.05, 0) is 26.2 Å². The van der Waals surface area contributed by atoms with E-state index in [0.717, 1.165) is 12.8 Å². The smallest absolute Gasteiger partial charge is 0.347 e. The van der Waals surface area contributed by atoms with Crippen LogP contribution in [0.2, 0.25) is 0 Å². The lowest BCUT2D eigenvalue weighted by Crippen LogP contribution is -2.40. The number of esters is 1. The van der Waals surface area contributed by atoms with Crippen LogP contribution in [0.1, 0.15) is 52.9 Å². The van der Waals surface area contributed by atoms with Gasteiger partial charge in [-0.1, -0.05) is 20.3 Å². The van der Waals surface area contributed by atoms with Gasteiger partial charge < -0.3 is 9.84 Å². The molecule has 15 heavy (non-hydrogen) atoms. The van der Waals surface area contributed by atoms with Gasteiger partial charge in [0.05, 0.1) is 0 Å². The van der Waals surface area contributed by atoms with Crippen molar-refractivity contribution >= 4 is 11.9 Å². The topological polar surface area (TPSA) is 63.6 Å². The van der Waals surface area contributed by atoms with Gasteiger partial charge in [-0.3, -0.25) is 4.79 Å². The SMILES string of the molecule is CCCC[C@@](C)(OC(=O)CCC)C(=O)O. The number of carbonyl (C=O) groups is 2. The van der Waals surface area contributed by atoms with Crippen molar-refractivity contribution in [2.24, 2.45) is 0 Å². The molecule has 0 fully saturated rings. The van der Waals surface area contributed by atoms with Crippen LogP contribution in [0, 0.1) is 0 Å². The number of hydrogen-bond donors (Lipinski definition) is 1. The highest BCUT2D eigenvalue weighted by atomic mass is 16.6. The number of ether oxygens (including phenoxy) is 1. The van der Waals surface area contributed by atoms with E-state index in [2.05, 4.69) is 0 Å². The first-order chi connectivity index (χ1) is 6.96. The van der Waals surface area contributed by atoms with Crippen LogP contribution in [0.4, 0.5) is 0 Å². The molecule has 0 saturated carbocycles. The lowest BCUT2D eigenvalue weighted by Gasteiger charge is -2.24. The first kappa shape index (κ1) is 13.9. The van der Waals surface area contributed by atoms with Crippen LogP contribution < -0.4 is 0 Å². The van der Waals surface area contributed by atoms with Crippen molar-refractivity contribution in [3.63, 3.8) is 0 Å². The summed E-state index contributed by atoms with van der Waals surface area (Å²) in [6, 6.07) is 0. The Morgan fingerprint density at radius 1 is 1.27 bits per heavy atom. The van der Waals surface area contributed by atoms with Crippen LogP contribution in [0.5, 0.6) is 0 Å². The van der Waals surface area contributed by atoms with E-state index in [1.165, 1.54) is 6.92 Å². The summed E-state index contributed by atoms with van der Waals surface area (Å²) in [6.07, 6.45) is 2.93. The van der Waals surface area contributed by atoms with Crippen LogP contribution in [-0.2, 0) is 14.3 Å². The van der Waals surface area contributed by atoms with Gasteiger partial charge in [0.25, 0.3) is 0 Å². The Hall–Kier alpha value is -1.06. The van der Waals surface area contributed by atoms with Crippen LogP contribution >= 0.6 is 0 Å². The van der Waals surface area contributed by atoms with Crippen LogP contribution in [-0.4, -0.2) is 22.6 Å². The Balaban J connectivity index is 4.37. The van der Waals surface area contributed by atoms with E-state index < -0.39 is 17.5 Å². The van der Waals surface area contributed by atoms with Crippen LogP contribution in [0.15, 0.2) is 0 Å². The predicted molar refractivity (Wildman–Crippen MR) is 56.6 cm³/mol. The predicted octanol–water partition coefficient (Wildman–Crippen LogP) is 2.36. The standard InChI is InChI=1S/C11H20O4/c1-4-6-8-11(3,10(13)14)15-9(12)7-5-2/h4-8H2,1-3H3,(H,13,14)/t11-/m1/s1. The quantitative estimate of drug-likeness (QED) is 0.663. The molecule has 0 unspecified atom stereocenters. The molecule has 0 aromatic carbocycles. The van der Waals surface area contributed by atoms with Gasteiger partial charge >= 0.3 is 11.9 Å². The van der Waals surface area contributed by atoms with Gasteiger partial charge in [0, 0.05) is 6.42 Å². The van der Waals surface area contributed by atoms with Crippen molar-refractivity contribution in [3.8, 4) is 0 Å². The monoisotopic (exact) mass is 216 g/mol. The van der Waals surface area contributed by atoms with E-state index in [0.29, 0.717) is 12.8 Å². The summed E-state index contributed by atoms with van der Waals surface area (Å²) < 4.78 is 5.00. The molecule has 0 aliphatic carbocycles. The summed E-state index contributed by atoms with van der Waals surface area (Å²) in [4.78, 5) is 22.2. The van der Waals surface area contributed by atoms with Crippen molar-refractivity contribution in [1.82, 2.24) is 0 Å². The molecule has 0 bridgehead atoms. The van der Waals surface area contributed by atoms with E-state index in [1.807, 2.05) is 13.8 Å². The van der Waals surface area contributed by atoms with E-state index >= 15 is 0 Å². The van der Waals surface area contributed by atoms with Crippen molar-refractivity contribution in [2.75, 3.05) is 0 Å². The van der Waals surface area contributed by atoms with Gasteiger partial charge in [0.2, 0.25) is 5.60 Å². The molecule has 4 nitrogen and oxygen atoms in total. The minimum absolute atomic E-state index is 0.273. The maximum absolute atomic E-state index is 11.2. The Bertz CT molecular complexity index is 225. The van der Waals surface area contributed by atoms with E-state index in [9.17, 15) is 9.59 Å². The van der Waals surface area contributed by atoms with Crippen molar-refractivity contribution in [1.29, 1.82) is 0 Å². The first-order valence-electron chi connectivity index (χ1n) is 5.41. The van der Waals surface area contributed by atoms with Crippen molar-refractivity contribution < 1.29 is 19.4 Å². The molecular weight excluding hydrogens is 196 g/mol. The van der Waals surface area contributed by atoms with Gasteiger partial charge in [0.1, 0.15) is 0 Å². The molecule has 0 saturated heterocycles. The highest BCUT2D eigenvalue weighted by Gasteiger charge is 2.36. The van der Waals surface area contributed by atoms with E-state index in [-0.39, 0.29) is 6.42 Å². The summed E-state index contributed by atoms with van der Waals surface area (Å²) in [5.74, 6) is -1.50. The number of unbranched alkanes of at least 4 members (excludes halogenated alkanes) is 1. The number of rotatable bonds is 7. The molecule has 0 aliphatic rings. The largest absolute Gasteiger partial charge is 0.478 e. The lowest BCUT2D eigenvalue weighted by atomic mass is 9.99. The fourth-order valence-corrected chi connectivity index (χ4v) is 1.22. The van der Waals surface area contributed by atoms with E-state index in [4.69, 9.17) is 9.84 Å². The molecule has 0 aliphatic heterocycles. The number of carbonyl (C=O) groups excluding carboxylic acids is 1. The molecule has 88 valence electrons. The number of carboxylic acids is 1. The van der Waals surface area contributed by atoms with Gasteiger partial charge in [-0.25, -0.2) is 4.79 Å². The zero-order valence-corrected chi connectivity index (χ0v) is 9.71. The minimum Gasteiger partial charge on any atom is -0.478 e. The lowest BCUT2D eigenvalue weighted by molar-refractivity contribution is -0.177.